The highest BCUT2D eigenvalue weighted by Crippen LogP contribution is 2.32. The lowest BCUT2D eigenvalue weighted by molar-refractivity contribution is 0.370. The molecule has 0 aromatic heterocycles. The second-order valence-electron chi connectivity index (χ2n) is 4.14. The molecule has 1 aromatic carbocycles. The third-order valence-corrected chi connectivity index (χ3v) is 3.00. The summed E-state index contributed by atoms with van der Waals surface area (Å²) in [7, 11) is 0. The predicted octanol–water partition coefficient (Wildman–Crippen LogP) is 2.25. The first-order chi connectivity index (χ1) is 6.77. The molecule has 2 rings (SSSR count). The largest absolute Gasteiger partial charge is 0.508 e. The van der Waals surface area contributed by atoms with Crippen LogP contribution in [0.3, 0.4) is 0 Å². The minimum Gasteiger partial charge on any atom is -0.508 e. The lowest BCUT2D eigenvalue weighted by Gasteiger charge is -2.28. The number of benzene rings is 1. The molecular weight excluding hydrogens is 174 g/mol. The van der Waals surface area contributed by atoms with Gasteiger partial charge in [-0.05, 0) is 43.9 Å². The molecule has 2 N–H and O–H groups in total. The Morgan fingerprint density at radius 2 is 2.14 bits per heavy atom. The van der Waals surface area contributed by atoms with Gasteiger partial charge in [0.15, 0.2) is 0 Å². The number of phenols is 1. The zero-order chi connectivity index (χ0) is 9.97. The van der Waals surface area contributed by atoms with Gasteiger partial charge in [-0.15, -0.1) is 0 Å². The quantitative estimate of drug-likeness (QED) is 0.713. The van der Waals surface area contributed by atoms with Crippen LogP contribution in [0.15, 0.2) is 24.3 Å². The predicted molar refractivity (Wildman–Crippen MR) is 57.5 cm³/mol. The summed E-state index contributed by atoms with van der Waals surface area (Å²) >= 11 is 0. The Balaban J connectivity index is 2.18. The van der Waals surface area contributed by atoms with Gasteiger partial charge < -0.3 is 10.4 Å². The van der Waals surface area contributed by atoms with Crippen molar-refractivity contribution < 1.29 is 5.11 Å². The third-order valence-electron chi connectivity index (χ3n) is 3.00. The van der Waals surface area contributed by atoms with Crippen LogP contribution in [-0.4, -0.2) is 17.7 Å². The Morgan fingerprint density at radius 3 is 2.86 bits per heavy atom. The van der Waals surface area contributed by atoms with Crippen molar-refractivity contribution in [2.24, 2.45) is 0 Å². The maximum Gasteiger partial charge on any atom is 0.119 e. The van der Waals surface area contributed by atoms with Crippen LogP contribution in [-0.2, 0) is 0 Å². The van der Waals surface area contributed by atoms with Crippen LogP contribution in [0, 0.1) is 0 Å². The summed E-state index contributed by atoms with van der Waals surface area (Å²) in [6, 6.07) is 8.26. The standard InChI is InChI=1S/C12H17NO/c1-9-8-10(6-7-13-9)11-4-2-3-5-12(11)14/h2-5,9-10,13-14H,6-8H2,1H3. The van der Waals surface area contributed by atoms with Gasteiger partial charge in [0.25, 0.3) is 0 Å². The van der Waals surface area contributed by atoms with E-state index in [0.717, 1.165) is 24.9 Å². The number of hydrogen-bond acceptors (Lipinski definition) is 2. The second kappa shape index (κ2) is 4.01. The molecule has 14 heavy (non-hydrogen) atoms. The average Bonchev–Trinajstić information content (AvgIpc) is 2.18. The van der Waals surface area contributed by atoms with Gasteiger partial charge in [-0.1, -0.05) is 18.2 Å². The Labute approximate surface area is 85.0 Å². The smallest absolute Gasteiger partial charge is 0.119 e. The molecule has 2 heteroatoms. The molecule has 0 bridgehead atoms. The first-order valence-electron chi connectivity index (χ1n) is 5.28. The van der Waals surface area contributed by atoms with Crippen LogP contribution in [0.1, 0.15) is 31.2 Å². The SMILES string of the molecule is CC1CC(c2ccccc2O)CCN1. The molecule has 1 fully saturated rings. The van der Waals surface area contributed by atoms with Gasteiger partial charge >= 0.3 is 0 Å². The van der Waals surface area contributed by atoms with Crippen molar-refractivity contribution in [3.63, 3.8) is 0 Å². The van der Waals surface area contributed by atoms with Gasteiger partial charge in [-0.3, -0.25) is 0 Å². The van der Waals surface area contributed by atoms with Gasteiger partial charge in [0, 0.05) is 6.04 Å². The first-order valence-corrected chi connectivity index (χ1v) is 5.28. The van der Waals surface area contributed by atoms with E-state index in [1.165, 1.54) is 0 Å². The van der Waals surface area contributed by atoms with Crippen molar-refractivity contribution in [1.29, 1.82) is 0 Å². The summed E-state index contributed by atoms with van der Waals surface area (Å²) in [6.45, 7) is 3.26. The molecule has 76 valence electrons. The van der Waals surface area contributed by atoms with E-state index >= 15 is 0 Å². The number of rotatable bonds is 1. The van der Waals surface area contributed by atoms with Crippen LogP contribution in [0.5, 0.6) is 5.75 Å². The summed E-state index contributed by atoms with van der Waals surface area (Å²) in [5.74, 6) is 0.971. The monoisotopic (exact) mass is 191 g/mol. The maximum absolute atomic E-state index is 9.73. The molecule has 0 spiro atoms. The van der Waals surface area contributed by atoms with Gasteiger partial charge in [0.2, 0.25) is 0 Å². The Morgan fingerprint density at radius 1 is 1.36 bits per heavy atom. The molecule has 0 aliphatic carbocycles. The van der Waals surface area contributed by atoms with Crippen molar-refractivity contribution in [2.45, 2.75) is 31.7 Å². The Kier molecular flexibility index (Phi) is 2.73. The molecule has 0 radical (unpaired) electrons. The van der Waals surface area contributed by atoms with Crippen molar-refractivity contribution >= 4 is 0 Å². The molecule has 1 saturated heterocycles. The van der Waals surface area contributed by atoms with Crippen LogP contribution < -0.4 is 5.32 Å². The van der Waals surface area contributed by atoms with E-state index in [1.54, 1.807) is 6.07 Å². The van der Waals surface area contributed by atoms with Gasteiger partial charge in [0.1, 0.15) is 5.75 Å². The normalized spacial score (nSPS) is 27.5. The molecule has 1 heterocycles. The highest BCUT2D eigenvalue weighted by molar-refractivity contribution is 5.35. The van der Waals surface area contributed by atoms with E-state index in [9.17, 15) is 5.11 Å². The van der Waals surface area contributed by atoms with Crippen molar-refractivity contribution in [2.75, 3.05) is 6.54 Å². The first kappa shape index (κ1) is 9.53. The molecule has 2 nitrogen and oxygen atoms in total. The van der Waals surface area contributed by atoms with Crippen LogP contribution in [0.4, 0.5) is 0 Å². The van der Waals surface area contributed by atoms with E-state index in [-0.39, 0.29) is 0 Å². The number of hydrogen-bond donors (Lipinski definition) is 2. The molecular formula is C12H17NO. The van der Waals surface area contributed by atoms with E-state index < -0.39 is 0 Å². The van der Waals surface area contributed by atoms with Crippen molar-refractivity contribution in [3.05, 3.63) is 29.8 Å². The van der Waals surface area contributed by atoms with Crippen LogP contribution in [0.2, 0.25) is 0 Å². The summed E-state index contributed by atoms with van der Waals surface area (Å²) in [4.78, 5) is 0. The average molecular weight is 191 g/mol. The Hall–Kier alpha value is -1.02. The molecule has 2 atom stereocenters. The summed E-state index contributed by atoms with van der Waals surface area (Å²) in [5, 5.41) is 13.1. The molecule has 1 aliphatic heterocycles. The van der Waals surface area contributed by atoms with Crippen molar-refractivity contribution in [1.82, 2.24) is 5.32 Å². The van der Waals surface area contributed by atoms with E-state index in [2.05, 4.69) is 12.2 Å². The highest BCUT2D eigenvalue weighted by atomic mass is 16.3. The number of phenolic OH excluding ortho intramolecular Hbond substituents is 1. The molecule has 1 aliphatic rings. The van der Waals surface area contributed by atoms with E-state index in [4.69, 9.17) is 0 Å². The third kappa shape index (κ3) is 1.90. The summed E-state index contributed by atoms with van der Waals surface area (Å²) in [6.07, 6.45) is 2.25. The zero-order valence-corrected chi connectivity index (χ0v) is 8.53. The molecule has 1 aromatic rings. The minimum absolute atomic E-state index is 0.451. The fourth-order valence-electron chi connectivity index (χ4n) is 2.25. The minimum atomic E-state index is 0.451. The van der Waals surface area contributed by atoms with Gasteiger partial charge in [-0.25, -0.2) is 0 Å². The Bertz CT molecular complexity index is 311. The fourth-order valence-corrected chi connectivity index (χ4v) is 2.25. The molecule has 2 unspecified atom stereocenters. The number of aromatic hydroxyl groups is 1. The van der Waals surface area contributed by atoms with Crippen LogP contribution >= 0.6 is 0 Å². The highest BCUT2D eigenvalue weighted by Gasteiger charge is 2.21. The number of piperidine rings is 1. The second-order valence-corrected chi connectivity index (χ2v) is 4.14. The zero-order valence-electron chi connectivity index (χ0n) is 8.53. The van der Waals surface area contributed by atoms with E-state index in [0.29, 0.717) is 17.7 Å². The summed E-state index contributed by atoms with van der Waals surface area (Å²) < 4.78 is 0. The number of para-hydroxylation sites is 1. The maximum atomic E-state index is 9.73. The topological polar surface area (TPSA) is 32.3 Å². The molecule has 0 saturated carbocycles. The van der Waals surface area contributed by atoms with Crippen molar-refractivity contribution in [3.8, 4) is 5.75 Å². The lowest BCUT2D eigenvalue weighted by atomic mass is 9.86. The van der Waals surface area contributed by atoms with Gasteiger partial charge in [0.05, 0.1) is 0 Å². The number of nitrogens with one attached hydrogen (secondary N) is 1. The molecule has 0 amide bonds. The summed E-state index contributed by atoms with van der Waals surface area (Å²) in [5.41, 5.74) is 1.11. The van der Waals surface area contributed by atoms with Gasteiger partial charge in [-0.2, -0.15) is 0 Å². The fraction of sp³-hybridized carbons (Fsp3) is 0.500. The lowest BCUT2D eigenvalue weighted by Crippen LogP contribution is -2.34. The van der Waals surface area contributed by atoms with E-state index in [1.807, 2.05) is 18.2 Å². The van der Waals surface area contributed by atoms with Crippen LogP contribution in [0.25, 0.3) is 0 Å².